The minimum absolute atomic E-state index is 0.0354. The van der Waals surface area contributed by atoms with Crippen LogP contribution in [0.1, 0.15) is 38.2 Å². The normalized spacial score (nSPS) is 22.6. The molecule has 2 unspecified atom stereocenters. The van der Waals surface area contributed by atoms with Crippen LogP contribution in [0.25, 0.3) is 0 Å². The lowest BCUT2D eigenvalue weighted by atomic mass is 9.86. The van der Waals surface area contributed by atoms with Gasteiger partial charge in [0.15, 0.2) is 0 Å². The molecule has 2 N–H and O–H groups in total. The van der Waals surface area contributed by atoms with E-state index in [-0.39, 0.29) is 5.91 Å². The third-order valence-electron chi connectivity index (χ3n) is 4.10. The number of amides is 1. The molecule has 2 atom stereocenters. The molecule has 1 fully saturated rings. The van der Waals surface area contributed by atoms with Gasteiger partial charge in [0.2, 0.25) is 5.91 Å². The Morgan fingerprint density at radius 3 is 2.80 bits per heavy atom. The average molecular weight is 339 g/mol. The fraction of sp³-hybridized carbons (Fsp3) is 0.562. The molecule has 20 heavy (non-hydrogen) atoms. The van der Waals surface area contributed by atoms with Crippen molar-refractivity contribution in [3.05, 3.63) is 28.2 Å². The maximum Gasteiger partial charge on any atom is 0.238 e. The van der Waals surface area contributed by atoms with Gasteiger partial charge in [-0.2, -0.15) is 0 Å². The topological polar surface area (TPSA) is 41.1 Å². The number of carbonyl (C=O) groups is 1. The second kappa shape index (κ2) is 7.23. The van der Waals surface area contributed by atoms with Crippen LogP contribution in [0.15, 0.2) is 22.7 Å². The molecule has 110 valence electrons. The molecule has 1 aromatic rings. The summed E-state index contributed by atoms with van der Waals surface area (Å²) in [5, 5.41) is 6.37. The molecule has 1 aliphatic rings. The Labute approximate surface area is 129 Å². The molecule has 1 saturated carbocycles. The van der Waals surface area contributed by atoms with Gasteiger partial charge >= 0.3 is 0 Å². The molecule has 1 aromatic carbocycles. The number of nitrogens with one attached hydrogen (secondary N) is 2. The lowest BCUT2D eigenvalue weighted by Crippen LogP contribution is -2.41. The molecule has 0 aliphatic heterocycles. The van der Waals surface area contributed by atoms with Gasteiger partial charge in [0.05, 0.1) is 6.54 Å². The van der Waals surface area contributed by atoms with Gasteiger partial charge in [-0.3, -0.25) is 4.79 Å². The third kappa shape index (κ3) is 4.32. The van der Waals surface area contributed by atoms with E-state index in [1.165, 1.54) is 25.7 Å². The highest BCUT2D eigenvalue weighted by atomic mass is 79.9. The van der Waals surface area contributed by atoms with Crippen LogP contribution in [0.4, 0.5) is 5.69 Å². The van der Waals surface area contributed by atoms with Crippen LogP contribution in [0, 0.1) is 12.8 Å². The zero-order valence-corrected chi connectivity index (χ0v) is 13.8. The van der Waals surface area contributed by atoms with Gasteiger partial charge in [0.25, 0.3) is 0 Å². The Hall–Kier alpha value is -0.870. The molecule has 1 amide bonds. The van der Waals surface area contributed by atoms with Crippen molar-refractivity contribution >= 4 is 27.5 Å². The van der Waals surface area contributed by atoms with Crippen molar-refractivity contribution in [3.63, 3.8) is 0 Å². The first-order valence-electron chi connectivity index (χ1n) is 7.35. The van der Waals surface area contributed by atoms with Gasteiger partial charge in [-0.1, -0.05) is 35.7 Å². The van der Waals surface area contributed by atoms with Crippen LogP contribution < -0.4 is 10.6 Å². The summed E-state index contributed by atoms with van der Waals surface area (Å²) in [5.41, 5.74) is 1.95. The molecule has 0 radical (unpaired) electrons. The van der Waals surface area contributed by atoms with Crippen LogP contribution in [-0.4, -0.2) is 18.5 Å². The van der Waals surface area contributed by atoms with E-state index in [1.807, 2.05) is 25.1 Å². The highest BCUT2D eigenvalue weighted by Crippen LogP contribution is 2.23. The summed E-state index contributed by atoms with van der Waals surface area (Å²) in [7, 11) is 0. The summed E-state index contributed by atoms with van der Waals surface area (Å²) < 4.78 is 1.03. The Morgan fingerprint density at radius 1 is 1.35 bits per heavy atom. The average Bonchev–Trinajstić information content (AvgIpc) is 2.41. The molecule has 0 aromatic heterocycles. The van der Waals surface area contributed by atoms with E-state index in [2.05, 4.69) is 33.5 Å². The van der Waals surface area contributed by atoms with Crippen LogP contribution in [0.3, 0.4) is 0 Å². The Bertz CT molecular complexity index is 476. The van der Waals surface area contributed by atoms with E-state index in [1.54, 1.807) is 0 Å². The maximum atomic E-state index is 12.0. The van der Waals surface area contributed by atoms with E-state index < -0.39 is 0 Å². The molecular formula is C16H23BrN2O. The van der Waals surface area contributed by atoms with Gasteiger partial charge in [-0.25, -0.2) is 0 Å². The number of hydrogen-bond donors (Lipinski definition) is 2. The van der Waals surface area contributed by atoms with E-state index in [4.69, 9.17) is 0 Å². The first kappa shape index (κ1) is 15.5. The Kier molecular flexibility index (Phi) is 5.61. The molecular weight excluding hydrogens is 316 g/mol. The van der Waals surface area contributed by atoms with Crippen LogP contribution in [0.2, 0.25) is 0 Å². The zero-order valence-electron chi connectivity index (χ0n) is 12.2. The second-order valence-corrected chi connectivity index (χ2v) is 6.67. The lowest BCUT2D eigenvalue weighted by molar-refractivity contribution is -0.115. The summed E-state index contributed by atoms with van der Waals surface area (Å²) in [6, 6.07) is 6.37. The second-order valence-electron chi connectivity index (χ2n) is 5.76. The maximum absolute atomic E-state index is 12.0. The van der Waals surface area contributed by atoms with Crippen LogP contribution in [-0.2, 0) is 4.79 Å². The molecule has 1 aliphatic carbocycles. The highest BCUT2D eigenvalue weighted by Gasteiger charge is 2.21. The minimum atomic E-state index is 0.0354. The predicted octanol–water partition coefficient (Wildman–Crippen LogP) is 3.86. The van der Waals surface area contributed by atoms with Gasteiger partial charge in [0, 0.05) is 16.2 Å². The van der Waals surface area contributed by atoms with Gasteiger partial charge < -0.3 is 10.6 Å². The molecule has 0 spiro atoms. The fourth-order valence-electron chi connectivity index (χ4n) is 2.81. The molecule has 3 nitrogen and oxygen atoms in total. The standard InChI is InChI=1S/C16H23BrN2O/c1-11-5-3-4-6-14(11)18-10-16(20)19-15-8-7-13(17)9-12(15)2/h7-9,11,14,18H,3-6,10H2,1-2H3,(H,19,20). The highest BCUT2D eigenvalue weighted by molar-refractivity contribution is 9.10. The third-order valence-corrected chi connectivity index (χ3v) is 4.59. The van der Waals surface area contributed by atoms with Gasteiger partial charge in [-0.15, -0.1) is 0 Å². The van der Waals surface area contributed by atoms with E-state index >= 15 is 0 Å². The molecule has 2 rings (SSSR count). The quantitative estimate of drug-likeness (QED) is 0.874. The monoisotopic (exact) mass is 338 g/mol. The lowest BCUT2D eigenvalue weighted by Gasteiger charge is -2.29. The van der Waals surface area contributed by atoms with Crippen molar-refractivity contribution in [2.24, 2.45) is 5.92 Å². The van der Waals surface area contributed by atoms with Gasteiger partial charge in [0.1, 0.15) is 0 Å². The number of aryl methyl sites for hydroxylation is 1. The van der Waals surface area contributed by atoms with E-state index in [0.29, 0.717) is 18.5 Å². The predicted molar refractivity (Wildman–Crippen MR) is 86.9 cm³/mol. The van der Waals surface area contributed by atoms with Crippen LogP contribution in [0.5, 0.6) is 0 Å². The number of halogens is 1. The summed E-state index contributed by atoms with van der Waals surface area (Å²) >= 11 is 3.43. The molecule has 4 heteroatoms. The van der Waals surface area contributed by atoms with E-state index in [9.17, 15) is 4.79 Å². The zero-order chi connectivity index (χ0) is 14.5. The number of carbonyl (C=O) groups excluding carboxylic acids is 1. The van der Waals surface area contributed by atoms with Crippen molar-refractivity contribution in [2.75, 3.05) is 11.9 Å². The summed E-state index contributed by atoms with van der Waals surface area (Å²) in [4.78, 5) is 12.0. The number of benzene rings is 1. The van der Waals surface area contributed by atoms with Crippen molar-refractivity contribution in [1.82, 2.24) is 5.32 Å². The molecule has 0 bridgehead atoms. The van der Waals surface area contributed by atoms with Gasteiger partial charge in [-0.05, 0) is 49.4 Å². The van der Waals surface area contributed by atoms with E-state index in [0.717, 1.165) is 15.7 Å². The Balaban J connectivity index is 1.83. The summed E-state index contributed by atoms with van der Waals surface area (Å²) in [6.45, 7) is 4.66. The Morgan fingerprint density at radius 2 is 2.10 bits per heavy atom. The number of anilines is 1. The first-order valence-corrected chi connectivity index (χ1v) is 8.15. The summed E-state index contributed by atoms with van der Waals surface area (Å²) in [5.74, 6) is 0.708. The first-order chi connectivity index (χ1) is 9.56. The van der Waals surface area contributed by atoms with Crippen LogP contribution >= 0.6 is 15.9 Å². The fourth-order valence-corrected chi connectivity index (χ4v) is 3.28. The molecule has 0 heterocycles. The van der Waals surface area contributed by atoms with Crippen molar-refractivity contribution in [3.8, 4) is 0 Å². The summed E-state index contributed by atoms with van der Waals surface area (Å²) in [6.07, 6.45) is 5.05. The minimum Gasteiger partial charge on any atom is -0.325 e. The molecule has 0 saturated heterocycles. The SMILES string of the molecule is Cc1cc(Br)ccc1NC(=O)CNC1CCCCC1C. The van der Waals surface area contributed by atoms with Crippen molar-refractivity contribution < 1.29 is 4.79 Å². The van der Waals surface area contributed by atoms with Crippen molar-refractivity contribution in [2.45, 2.75) is 45.6 Å². The largest absolute Gasteiger partial charge is 0.325 e. The number of hydrogen-bond acceptors (Lipinski definition) is 2. The smallest absolute Gasteiger partial charge is 0.238 e. The van der Waals surface area contributed by atoms with Crippen molar-refractivity contribution in [1.29, 1.82) is 0 Å². The number of rotatable bonds is 4.